The van der Waals surface area contributed by atoms with Crippen LogP contribution in [0.4, 0.5) is 4.79 Å². The maximum atomic E-state index is 12.2. The third-order valence-corrected chi connectivity index (χ3v) is 4.10. The Hall–Kier alpha value is -1.53. The normalized spacial score (nSPS) is 18.0. The average molecular weight is 295 g/mol. The zero-order valence-electron chi connectivity index (χ0n) is 12.8. The van der Waals surface area contributed by atoms with Crippen LogP contribution in [0.15, 0.2) is 22.8 Å². The van der Waals surface area contributed by atoms with E-state index in [0.29, 0.717) is 25.6 Å². The van der Waals surface area contributed by atoms with E-state index in [4.69, 9.17) is 9.52 Å². The van der Waals surface area contributed by atoms with Crippen molar-refractivity contribution in [3.05, 3.63) is 24.2 Å². The quantitative estimate of drug-likeness (QED) is 0.859. The predicted molar refractivity (Wildman–Crippen MR) is 79.9 cm³/mol. The number of hydrogen-bond acceptors (Lipinski definition) is 4. The molecule has 6 nitrogen and oxygen atoms in total. The Morgan fingerprint density at radius 1 is 1.52 bits per heavy atom. The Morgan fingerprint density at radius 3 is 2.76 bits per heavy atom. The summed E-state index contributed by atoms with van der Waals surface area (Å²) in [6.45, 7) is 2.16. The van der Waals surface area contributed by atoms with Gasteiger partial charge in [0, 0.05) is 26.2 Å². The number of likely N-dealkylation sites (tertiary alicyclic amines) is 1. The van der Waals surface area contributed by atoms with E-state index in [-0.39, 0.29) is 18.7 Å². The number of likely N-dealkylation sites (N-methyl/N-ethyl adjacent to an activating group) is 1. The summed E-state index contributed by atoms with van der Waals surface area (Å²) in [6, 6.07) is 3.76. The second-order valence-corrected chi connectivity index (χ2v) is 5.79. The van der Waals surface area contributed by atoms with E-state index in [2.05, 4.69) is 5.32 Å². The summed E-state index contributed by atoms with van der Waals surface area (Å²) in [5.41, 5.74) is 0. The lowest BCUT2D eigenvalue weighted by atomic mass is 9.98. The molecule has 1 aromatic heterocycles. The molecule has 0 spiro atoms. The number of hydrogen-bond donors (Lipinski definition) is 2. The fraction of sp³-hybridized carbons (Fsp3) is 0.667. The van der Waals surface area contributed by atoms with Gasteiger partial charge >= 0.3 is 6.03 Å². The van der Waals surface area contributed by atoms with E-state index in [9.17, 15) is 4.79 Å². The van der Waals surface area contributed by atoms with Crippen LogP contribution in [0.2, 0.25) is 0 Å². The van der Waals surface area contributed by atoms with Crippen LogP contribution in [0, 0.1) is 5.92 Å². The Kier molecular flexibility index (Phi) is 5.64. The number of urea groups is 1. The highest BCUT2D eigenvalue weighted by Crippen LogP contribution is 2.19. The maximum absolute atomic E-state index is 12.2. The molecule has 1 unspecified atom stereocenters. The van der Waals surface area contributed by atoms with Crippen LogP contribution >= 0.6 is 0 Å². The first-order valence-electron chi connectivity index (χ1n) is 7.45. The van der Waals surface area contributed by atoms with Gasteiger partial charge in [-0.2, -0.15) is 0 Å². The molecule has 2 rings (SSSR count). The Bertz CT molecular complexity index is 425. The third-order valence-electron chi connectivity index (χ3n) is 4.10. The van der Waals surface area contributed by atoms with Crippen LogP contribution in [0.1, 0.15) is 24.6 Å². The van der Waals surface area contributed by atoms with Crippen LogP contribution in [-0.4, -0.2) is 61.3 Å². The van der Waals surface area contributed by atoms with E-state index in [0.717, 1.165) is 18.6 Å². The van der Waals surface area contributed by atoms with Crippen molar-refractivity contribution < 1.29 is 14.3 Å². The van der Waals surface area contributed by atoms with Gasteiger partial charge in [0.25, 0.3) is 0 Å². The molecular weight excluding hydrogens is 270 g/mol. The van der Waals surface area contributed by atoms with Crippen molar-refractivity contribution in [1.29, 1.82) is 0 Å². The van der Waals surface area contributed by atoms with E-state index >= 15 is 0 Å². The highest BCUT2D eigenvalue weighted by Gasteiger charge is 2.24. The number of aliphatic hydroxyl groups is 1. The van der Waals surface area contributed by atoms with Gasteiger partial charge in [-0.15, -0.1) is 0 Å². The number of furan rings is 1. The van der Waals surface area contributed by atoms with Crippen molar-refractivity contribution in [2.45, 2.75) is 18.9 Å². The van der Waals surface area contributed by atoms with Gasteiger partial charge in [0.2, 0.25) is 0 Å². The zero-order chi connectivity index (χ0) is 15.2. The first-order valence-corrected chi connectivity index (χ1v) is 7.45. The van der Waals surface area contributed by atoms with E-state index in [1.54, 1.807) is 6.26 Å². The minimum absolute atomic E-state index is 0.0268. The highest BCUT2D eigenvalue weighted by atomic mass is 16.3. The van der Waals surface area contributed by atoms with Crippen molar-refractivity contribution in [3.63, 3.8) is 0 Å². The Labute approximate surface area is 125 Å². The minimum atomic E-state index is -0.0372. The van der Waals surface area contributed by atoms with Gasteiger partial charge in [-0.05, 0) is 45.0 Å². The van der Waals surface area contributed by atoms with Crippen molar-refractivity contribution in [1.82, 2.24) is 15.1 Å². The average Bonchev–Trinajstić information content (AvgIpc) is 3.01. The summed E-state index contributed by atoms with van der Waals surface area (Å²) in [6.07, 6.45) is 3.39. The molecule has 2 amide bonds. The highest BCUT2D eigenvalue weighted by molar-refractivity contribution is 5.74. The molecule has 2 heterocycles. The van der Waals surface area contributed by atoms with Crippen LogP contribution in [0.5, 0.6) is 0 Å². The van der Waals surface area contributed by atoms with E-state index in [1.165, 1.54) is 0 Å². The van der Waals surface area contributed by atoms with Gasteiger partial charge in [-0.3, -0.25) is 4.90 Å². The van der Waals surface area contributed by atoms with Gasteiger partial charge < -0.3 is 19.7 Å². The van der Waals surface area contributed by atoms with E-state index < -0.39 is 0 Å². The molecule has 1 fully saturated rings. The number of aliphatic hydroxyl groups excluding tert-OH is 1. The molecule has 1 saturated heterocycles. The lowest BCUT2D eigenvalue weighted by Gasteiger charge is -2.32. The summed E-state index contributed by atoms with van der Waals surface area (Å²) < 4.78 is 5.43. The Balaban J connectivity index is 1.82. The van der Waals surface area contributed by atoms with Crippen molar-refractivity contribution >= 4 is 6.03 Å². The van der Waals surface area contributed by atoms with Gasteiger partial charge in [0.15, 0.2) is 0 Å². The number of nitrogens with zero attached hydrogens (tertiary/aromatic N) is 2. The largest absolute Gasteiger partial charge is 0.468 e. The molecule has 2 N–H and O–H groups in total. The van der Waals surface area contributed by atoms with Gasteiger partial charge in [-0.25, -0.2) is 4.79 Å². The number of piperidine rings is 1. The second-order valence-electron chi connectivity index (χ2n) is 5.79. The molecule has 1 aromatic rings. The monoisotopic (exact) mass is 295 g/mol. The molecule has 1 aliphatic heterocycles. The fourth-order valence-corrected chi connectivity index (χ4v) is 2.63. The van der Waals surface area contributed by atoms with Crippen LogP contribution in [-0.2, 0) is 0 Å². The molecule has 0 bridgehead atoms. The summed E-state index contributed by atoms with van der Waals surface area (Å²) in [4.78, 5) is 16.0. The standard InChI is InChI=1S/C15H25N3O3/c1-17(2)13(14-4-3-9-21-14)10-16-15(20)18-7-5-12(11-19)6-8-18/h3-4,9,12-13,19H,5-8,10-11H2,1-2H3,(H,16,20). The number of carbonyl (C=O) groups excluding carboxylic acids is 1. The topological polar surface area (TPSA) is 69.0 Å². The summed E-state index contributed by atoms with van der Waals surface area (Å²) >= 11 is 0. The molecule has 0 radical (unpaired) electrons. The zero-order valence-corrected chi connectivity index (χ0v) is 12.8. The second kappa shape index (κ2) is 7.47. The molecule has 1 aliphatic rings. The lowest BCUT2D eigenvalue weighted by Crippen LogP contribution is -2.46. The molecule has 118 valence electrons. The van der Waals surface area contributed by atoms with Crippen molar-refractivity contribution in [3.8, 4) is 0 Å². The minimum Gasteiger partial charge on any atom is -0.468 e. The lowest BCUT2D eigenvalue weighted by molar-refractivity contribution is 0.135. The number of carbonyl (C=O) groups is 1. The van der Waals surface area contributed by atoms with Gasteiger partial charge in [-0.1, -0.05) is 0 Å². The van der Waals surface area contributed by atoms with Crippen LogP contribution in [0.3, 0.4) is 0 Å². The SMILES string of the molecule is CN(C)C(CNC(=O)N1CCC(CO)CC1)c1ccco1. The summed E-state index contributed by atoms with van der Waals surface area (Å²) in [5.74, 6) is 1.19. The van der Waals surface area contributed by atoms with Gasteiger partial charge in [0.05, 0.1) is 12.3 Å². The number of rotatable bonds is 5. The molecule has 1 atom stereocenters. The first-order chi connectivity index (χ1) is 10.1. The first kappa shape index (κ1) is 15.9. The van der Waals surface area contributed by atoms with Crippen molar-refractivity contribution in [2.75, 3.05) is 40.3 Å². The molecule has 0 aliphatic carbocycles. The fourth-order valence-electron chi connectivity index (χ4n) is 2.63. The van der Waals surface area contributed by atoms with Crippen molar-refractivity contribution in [2.24, 2.45) is 5.92 Å². The predicted octanol–water partition coefficient (Wildman–Crippen LogP) is 1.30. The molecule has 6 heteroatoms. The molecule has 0 aromatic carbocycles. The smallest absolute Gasteiger partial charge is 0.317 e. The number of amides is 2. The van der Waals surface area contributed by atoms with Crippen LogP contribution < -0.4 is 5.32 Å². The van der Waals surface area contributed by atoms with Gasteiger partial charge in [0.1, 0.15) is 5.76 Å². The summed E-state index contributed by atoms with van der Waals surface area (Å²) in [7, 11) is 3.93. The van der Waals surface area contributed by atoms with E-state index in [1.807, 2.05) is 36.0 Å². The Morgan fingerprint density at radius 2 is 2.24 bits per heavy atom. The molecule has 21 heavy (non-hydrogen) atoms. The molecular formula is C15H25N3O3. The molecule has 0 saturated carbocycles. The number of nitrogens with one attached hydrogen (secondary N) is 1. The summed E-state index contributed by atoms with van der Waals surface area (Å²) in [5, 5.41) is 12.1. The van der Waals surface area contributed by atoms with Crippen LogP contribution in [0.25, 0.3) is 0 Å². The maximum Gasteiger partial charge on any atom is 0.317 e. The third kappa shape index (κ3) is 4.22.